The van der Waals surface area contributed by atoms with Crippen LogP contribution >= 0.6 is 11.3 Å². The first-order chi connectivity index (χ1) is 23.7. The second-order valence-corrected chi connectivity index (χ2v) is 12.4. The lowest BCUT2D eigenvalue weighted by atomic mass is 10.1. The summed E-state index contributed by atoms with van der Waals surface area (Å²) in [6.07, 6.45) is 2.03. The lowest BCUT2D eigenvalue weighted by Gasteiger charge is -2.23. The molecule has 1 aliphatic heterocycles. The molecule has 0 saturated carbocycles. The van der Waals surface area contributed by atoms with Crippen LogP contribution in [0.2, 0.25) is 0 Å². The molecule has 1 atom stereocenters. The number of likely N-dealkylation sites (tertiary alicyclic amines) is 1. The van der Waals surface area contributed by atoms with Gasteiger partial charge in [0.1, 0.15) is 24.7 Å². The van der Waals surface area contributed by atoms with Crippen LogP contribution in [0.4, 0.5) is 26.3 Å². The van der Waals surface area contributed by atoms with Gasteiger partial charge in [0.25, 0.3) is 5.91 Å². The summed E-state index contributed by atoms with van der Waals surface area (Å²) in [5.41, 5.74) is 3.69. The number of nitrogens with one attached hydrogen (secondary N) is 2. The first-order valence-electron chi connectivity index (χ1n) is 15.3. The number of benzene rings is 1. The molecule has 0 radical (unpaired) electrons. The van der Waals surface area contributed by atoms with Crippen molar-refractivity contribution in [3.63, 3.8) is 0 Å². The Morgan fingerprint density at radius 1 is 1.02 bits per heavy atom. The van der Waals surface area contributed by atoms with Crippen LogP contribution < -0.4 is 15.0 Å². The number of thiophene rings is 1. The molecule has 3 N–H and O–H groups in total. The third-order valence-corrected chi connectivity index (χ3v) is 8.85. The second kappa shape index (κ2) is 15.3. The van der Waals surface area contributed by atoms with Gasteiger partial charge in [-0.05, 0) is 54.0 Å². The zero-order chi connectivity index (χ0) is 36.1. The van der Waals surface area contributed by atoms with Crippen LogP contribution in [0.5, 0.6) is 5.75 Å². The van der Waals surface area contributed by atoms with E-state index in [1.165, 1.54) is 56.4 Å². The number of aliphatic carboxylic acids is 1. The van der Waals surface area contributed by atoms with Crippen molar-refractivity contribution in [2.24, 2.45) is 7.05 Å². The summed E-state index contributed by atoms with van der Waals surface area (Å²) in [5, 5.41) is 15.3. The Morgan fingerprint density at radius 3 is 2.34 bits per heavy atom. The Hall–Kier alpha value is -4.97. The Bertz CT molecular complexity index is 1910. The number of imidazole rings is 1. The van der Waals surface area contributed by atoms with Crippen molar-refractivity contribution in [3.8, 4) is 28.0 Å². The van der Waals surface area contributed by atoms with Crippen molar-refractivity contribution in [1.82, 2.24) is 29.5 Å². The van der Waals surface area contributed by atoms with Crippen LogP contribution in [-0.4, -0.2) is 79.7 Å². The maximum absolute atomic E-state index is 13.7. The molecule has 0 aliphatic carbocycles. The molecule has 0 spiro atoms. The third-order valence-electron chi connectivity index (χ3n) is 7.93. The van der Waals surface area contributed by atoms with Crippen LogP contribution in [0.25, 0.3) is 27.9 Å². The number of aryl methyl sites for hydroxylation is 1. The maximum Gasteiger partial charge on any atom is 0.490 e. The molecule has 5 heterocycles. The highest BCUT2D eigenvalue weighted by atomic mass is 32.1. The molecule has 11 nitrogen and oxygen atoms in total. The van der Waals surface area contributed by atoms with Crippen molar-refractivity contribution >= 4 is 28.9 Å². The van der Waals surface area contributed by atoms with Crippen LogP contribution in [0.15, 0.2) is 66.7 Å². The van der Waals surface area contributed by atoms with E-state index in [0.717, 1.165) is 34.8 Å². The van der Waals surface area contributed by atoms with Crippen molar-refractivity contribution < 1.29 is 50.7 Å². The molecule has 1 amide bonds. The van der Waals surface area contributed by atoms with E-state index >= 15 is 0 Å². The van der Waals surface area contributed by atoms with Crippen molar-refractivity contribution in [2.45, 2.75) is 37.7 Å². The zero-order valence-corrected chi connectivity index (χ0v) is 27.3. The third kappa shape index (κ3) is 8.97. The van der Waals surface area contributed by atoms with Gasteiger partial charge in [0.05, 0.1) is 24.2 Å². The van der Waals surface area contributed by atoms with Crippen LogP contribution in [0, 0.1) is 0 Å². The normalized spacial score (nSPS) is 14.5. The standard InChI is InChI=1S/C30H30F3N7O2S.C2HF3O2/c1-38-12-9-34-28(38)26(30(31,32)33)37-29(41)25-15-21(19-43-25)24-17-36-40-18-22(16-35-27(24)40)20-5-7-23(8-6-20)42-14-13-39-10-3-2-4-11-39;3-2(4,5)1(6)7/h5-9,12,15-19,26H,2-4,10-11,13-14H2,1H3,(H,37,41);(H,6,7)/p+1. The Labute approximate surface area is 285 Å². The minimum atomic E-state index is -5.08. The minimum absolute atomic E-state index is 0.133. The van der Waals surface area contributed by atoms with Crippen LogP contribution in [0.3, 0.4) is 0 Å². The van der Waals surface area contributed by atoms with Gasteiger partial charge in [-0.15, -0.1) is 11.3 Å². The van der Waals surface area contributed by atoms with E-state index in [1.54, 1.807) is 33.3 Å². The molecule has 1 unspecified atom stereocenters. The number of fused-ring (bicyclic) bond motifs is 1. The largest absolute Gasteiger partial charge is 0.490 e. The van der Waals surface area contributed by atoms with Crippen LogP contribution in [-0.2, 0) is 11.8 Å². The van der Waals surface area contributed by atoms with E-state index < -0.39 is 30.3 Å². The lowest BCUT2D eigenvalue weighted by molar-refractivity contribution is -0.904. The molecule has 1 fully saturated rings. The molecule has 1 aromatic carbocycles. The average molecular weight is 725 g/mol. The summed E-state index contributed by atoms with van der Waals surface area (Å²) in [6.45, 7) is 4.16. The maximum atomic E-state index is 13.7. The fourth-order valence-electron chi connectivity index (χ4n) is 5.33. The van der Waals surface area contributed by atoms with Gasteiger partial charge < -0.3 is 24.6 Å². The van der Waals surface area contributed by atoms with E-state index in [9.17, 15) is 31.1 Å². The topological polar surface area (TPSA) is 128 Å². The molecule has 50 heavy (non-hydrogen) atoms. The molecule has 18 heteroatoms. The number of alkyl halides is 6. The van der Waals surface area contributed by atoms with Gasteiger partial charge in [-0.25, -0.2) is 19.3 Å². The zero-order valence-electron chi connectivity index (χ0n) is 26.5. The SMILES string of the molecule is Cn1ccnc1C(NC(=O)c1cc(-c2cnn3cc(-c4ccc(OCC[NH+]5CCCCC5)cc4)cnc23)cs1)C(F)(F)F.O=C(O)C(F)(F)F. The number of ether oxygens (including phenoxy) is 1. The predicted octanol–water partition coefficient (Wildman–Crippen LogP) is 4.97. The van der Waals surface area contributed by atoms with E-state index in [0.29, 0.717) is 23.4 Å². The quantitative estimate of drug-likeness (QED) is 0.183. The Kier molecular flexibility index (Phi) is 11.1. The molecule has 6 rings (SSSR count). The van der Waals surface area contributed by atoms with Gasteiger partial charge in [-0.2, -0.15) is 31.4 Å². The molecule has 5 aromatic rings. The smallest absolute Gasteiger partial charge is 0.488 e. The number of nitrogens with zero attached hydrogens (tertiary/aromatic N) is 5. The van der Waals surface area contributed by atoms with Crippen molar-refractivity contribution in [2.75, 3.05) is 26.2 Å². The van der Waals surface area contributed by atoms with Gasteiger partial charge in [0.2, 0.25) is 0 Å². The molecule has 266 valence electrons. The van der Waals surface area contributed by atoms with Crippen molar-refractivity contribution in [3.05, 3.63) is 77.4 Å². The summed E-state index contributed by atoms with van der Waals surface area (Å²) < 4.78 is 81.8. The number of piperidine rings is 1. The molecule has 1 saturated heterocycles. The number of carbonyl (C=O) groups excluding carboxylic acids is 1. The second-order valence-electron chi connectivity index (χ2n) is 11.4. The number of carboxylic acids is 1. The van der Waals surface area contributed by atoms with Gasteiger partial charge in [-0.3, -0.25) is 4.79 Å². The average Bonchev–Trinajstić information content (AvgIpc) is 3.83. The Balaban J connectivity index is 0.000000630. The minimum Gasteiger partial charge on any atom is -0.488 e. The lowest BCUT2D eigenvalue weighted by Crippen LogP contribution is -3.13. The summed E-state index contributed by atoms with van der Waals surface area (Å²) in [4.78, 5) is 31.8. The van der Waals surface area contributed by atoms with E-state index in [4.69, 9.17) is 14.6 Å². The molecular weight excluding hydrogens is 692 g/mol. The summed E-state index contributed by atoms with van der Waals surface area (Å²) >= 11 is 1.05. The Morgan fingerprint density at radius 2 is 1.72 bits per heavy atom. The number of quaternary nitrogens is 1. The van der Waals surface area contributed by atoms with Crippen molar-refractivity contribution in [1.29, 1.82) is 0 Å². The first kappa shape index (κ1) is 36.3. The highest BCUT2D eigenvalue weighted by Crippen LogP contribution is 2.34. The number of hydrogen-bond acceptors (Lipinski definition) is 7. The number of rotatable bonds is 9. The molecule has 1 aliphatic rings. The number of hydrogen-bond donors (Lipinski definition) is 3. The molecule has 4 aromatic heterocycles. The van der Waals surface area contributed by atoms with Gasteiger partial charge >= 0.3 is 18.3 Å². The highest BCUT2D eigenvalue weighted by Gasteiger charge is 2.44. The summed E-state index contributed by atoms with van der Waals surface area (Å²) in [5.74, 6) is -3.06. The van der Waals surface area contributed by atoms with Gasteiger partial charge in [0.15, 0.2) is 11.7 Å². The molecule has 0 bridgehead atoms. The van der Waals surface area contributed by atoms with E-state index in [1.807, 2.05) is 30.5 Å². The monoisotopic (exact) mass is 724 g/mol. The van der Waals surface area contributed by atoms with Gasteiger partial charge in [-0.1, -0.05) is 12.1 Å². The fraction of sp³-hybridized carbons (Fsp3) is 0.344. The first-order valence-corrected chi connectivity index (χ1v) is 16.2. The van der Waals surface area contributed by atoms with E-state index in [2.05, 4.69) is 20.4 Å². The number of carbonyl (C=O) groups is 2. The van der Waals surface area contributed by atoms with E-state index in [-0.39, 0.29) is 10.7 Å². The number of amides is 1. The number of carboxylic acid groups (broad SMARTS) is 1. The summed E-state index contributed by atoms with van der Waals surface area (Å²) in [6, 6.07) is 7.19. The predicted molar refractivity (Wildman–Crippen MR) is 170 cm³/mol. The van der Waals surface area contributed by atoms with Crippen LogP contribution in [0.1, 0.15) is 40.8 Å². The van der Waals surface area contributed by atoms with Gasteiger partial charge in [0, 0.05) is 43.0 Å². The molecular formula is C32H32F6N7O4S+. The number of halogens is 6. The fourth-order valence-corrected chi connectivity index (χ4v) is 6.14. The highest BCUT2D eigenvalue weighted by molar-refractivity contribution is 7.12. The summed E-state index contributed by atoms with van der Waals surface area (Å²) in [7, 11) is 1.45. The number of aromatic nitrogens is 5.